The third-order valence-corrected chi connectivity index (χ3v) is 7.18. The number of allylic oxidation sites excluding steroid dienone is 1. The molecule has 15 heteroatoms. The summed E-state index contributed by atoms with van der Waals surface area (Å²) in [6, 6.07) is -0.966. The molecule has 32 heavy (non-hydrogen) atoms. The van der Waals surface area contributed by atoms with Crippen molar-refractivity contribution in [1.82, 2.24) is 20.2 Å². The first-order valence-corrected chi connectivity index (χ1v) is 11.4. The summed E-state index contributed by atoms with van der Waals surface area (Å²) in [6.07, 6.45) is 5.05. The van der Waals surface area contributed by atoms with Crippen molar-refractivity contribution in [1.29, 1.82) is 0 Å². The minimum Gasteiger partial charge on any atom is -0.477 e. The fourth-order valence-corrected chi connectivity index (χ4v) is 5.46. The van der Waals surface area contributed by atoms with Gasteiger partial charge < -0.3 is 21.4 Å². The molecule has 2 aliphatic rings. The minimum absolute atomic E-state index is 0. The van der Waals surface area contributed by atoms with Crippen LogP contribution in [0.3, 0.4) is 0 Å². The molecule has 1 saturated heterocycles. The summed E-state index contributed by atoms with van der Waals surface area (Å²) in [4.78, 5) is 47.0. The first kappa shape index (κ1) is 24.4. The van der Waals surface area contributed by atoms with E-state index in [1.165, 1.54) is 28.5 Å². The Morgan fingerprint density at radius 1 is 1.34 bits per heavy atom. The molecule has 2 aliphatic heterocycles. The Morgan fingerprint density at radius 3 is 2.72 bits per heavy atom. The summed E-state index contributed by atoms with van der Waals surface area (Å²) in [7, 11) is 0. The number of aliphatic carboxylic acids is 1. The summed E-state index contributed by atoms with van der Waals surface area (Å²) in [6.45, 7) is 0. The number of thioether (sulfide) groups is 1. The molecule has 0 bridgehead atoms. The van der Waals surface area contributed by atoms with Crippen LogP contribution in [0, 0.1) is 0 Å². The van der Waals surface area contributed by atoms with Crippen molar-refractivity contribution >= 4 is 98.7 Å². The number of carboxylic acids is 1. The van der Waals surface area contributed by atoms with E-state index in [0.29, 0.717) is 11.3 Å². The molecule has 11 nitrogen and oxygen atoms in total. The number of carbonyl (C=O) groups is 3. The molecule has 4 heterocycles. The Kier molecular flexibility index (Phi) is 7.74. The van der Waals surface area contributed by atoms with Gasteiger partial charge in [0.05, 0.1) is 5.51 Å². The van der Waals surface area contributed by atoms with Crippen molar-refractivity contribution in [2.45, 2.75) is 11.4 Å². The summed E-state index contributed by atoms with van der Waals surface area (Å²) in [5, 5.41) is 25.4. The maximum absolute atomic E-state index is 12.7. The number of nitrogens with one attached hydrogen (secondary N) is 1. The van der Waals surface area contributed by atoms with Crippen LogP contribution in [0.1, 0.15) is 10.6 Å². The van der Waals surface area contributed by atoms with Crippen LogP contribution in [0.15, 0.2) is 39.6 Å². The van der Waals surface area contributed by atoms with Gasteiger partial charge in [-0.1, -0.05) is 11.2 Å². The van der Waals surface area contributed by atoms with Crippen LogP contribution in [0.4, 0.5) is 5.13 Å². The first-order chi connectivity index (χ1) is 14.9. The van der Waals surface area contributed by atoms with E-state index >= 15 is 0 Å². The Bertz CT molecular complexity index is 1150. The topological polar surface area (TPSA) is 171 Å². The fourth-order valence-electron chi connectivity index (χ4n) is 3.08. The van der Waals surface area contributed by atoms with E-state index in [1.54, 1.807) is 23.9 Å². The maximum Gasteiger partial charge on any atom is 0.352 e. The Labute approximate surface area is 215 Å². The quantitative estimate of drug-likeness (QED) is 0.144. The number of thiazole rings is 2. The molecular weight excluding hydrogens is 487 g/mol. The number of aromatic nitrogens is 2. The number of hydrogen-bond donors (Lipinski definition) is 4. The number of β-lactam (4-membered cyclic amide) rings is 1. The predicted molar refractivity (Wildman–Crippen MR) is 121 cm³/mol. The molecule has 2 aromatic heterocycles. The van der Waals surface area contributed by atoms with E-state index in [2.05, 4.69) is 20.4 Å². The smallest absolute Gasteiger partial charge is 0.352 e. The second-order valence-electron chi connectivity index (χ2n) is 6.30. The number of nitrogens with zero attached hydrogens (tertiary/aromatic N) is 4. The van der Waals surface area contributed by atoms with Crippen molar-refractivity contribution in [2.24, 2.45) is 5.16 Å². The largest absolute Gasteiger partial charge is 0.477 e. The summed E-state index contributed by atoms with van der Waals surface area (Å²) >= 11 is 3.79. The van der Waals surface area contributed by atoms with E-state index in [1.807, 2.05) is 0 Å². The summed E-state index contributed by atoms with van der Waals surface area (Å²) < 4.78 is 0. The van der Waals surface area contributed by atoms with Crippen LogP contribution in [0.5, 0.6) is 0 Å². The number of nitrogens with two attached hydrogens (primary N) is 1. The van der Waals surface area contributed by atoms with Gasteiger partial charge >= 0.3 is 5.97 Å². The van der Waals surface area contributed by atoms with Gasteiger partial charge in [0.25, 0.3) is 11.8 Å². The SMILES string of the molecule is Nc1nc(/C(=N/O)C(=O)NC2C(=O)N3C(C(=O)O)=C(/C=C/c4cncs4)CS[C@H]23)cs1.[Na]. The zero-order valence-corrected chi connectivity index (χ0v) is 20.9. The van der Waals surface area contributed by atoms with Gasteiger partial charge in [-0.25, -0.2) is 9.78 Å². The molecule has 1 unspecified atom stereocenters. The number of carboxylic acid groups (broad SMARTS) is 1. The zero-order valence-electron chi connectivity index (χ0n) is 16.5. The van der Waals surface area contributed by atoms with Crippen molar-refractivity contribution in [3.8, 4) is 0 Å². The van der Waals surface area contributed by atoms with Gasteiger partial charge in [-0.05, 0) is 11.6 Å². The standard InChI is InChI=1S/C17H14N6O5S3.Na/c18-17-20-9(5-30-17)10(22-28)13(24)21-11-14(25)23-12(16(26)27)7(4-29-15(11)23)1-2-8-3-19-6-31-8;/h1-3,5-6,11,15,28H,4H2,(H2,18,20)(H,21,24)(H,26,27);/b2-1+,22-10-;/t11?,15-;/m1./s1. The molecule has 4 rings (SSSR count). The van der Waals surface area contributed by atoms with E-state index in [9.17, 15) is 24.7 Å². The van der Waals surface area contributed by atoms with Crippen LogP contribution in [0.25, 0.3) is 6.08 Å². The molecule has 5 N–H and O–H groups in total. The van der Waals surface area contributed by atoms with Gasteiger partial charge in [0.2, 0.25) is 0 Å². The average Bonchev–Trinajstić information content (AvgIpc) is 3.42. The van der Waals surface area contributed by atoms with Crippen molar-refractivity contribution in [2.75, 3.05) is 11.5 Å². The number of hydrogen-bond acceptors (Lipinski definition) is 11. The van der Waals surface area contributed by atoms with Crippen LogP contribution >= 0.6 is 34.4 Å². The number of carbonyl (C=O) groups excluding carboxylic acids is 2. The van der Waals surface area contributed by atoms with Crippen LogP contribution < -0.4 is 11.1 Å². The Morgan fingerprint density at radius 2 is 2.12 bits per heavy atom. The van der Waals surface area contributed by atoms with Gasteiger partial charge in [0, 0.05) is 51.8 Å². The Hall–Kier alpha value is -2.23. The number of amides is 2. The summed E-state index contributed by atoms with van der Waals surface area (Å²) in [5.41, 5.74) is 7.24. The van der Waals surface area contributed by atoms with Crippen molar-refractivity contribution in [3.05, 3.63) is 45.0 Å². The van der Waals surface area contributed by atoms with Crippen molar-refractivity contribution < 1.29 is 24.7 Å². The van der Waals surface area contributed by atoms with Crippen LogP contribution in [0.2, 0.25) is 0 Å². The van der Waals surface area contributed by atoms with Gasteiger partial charge in [-0.2, -0.15) is 0 Å². The number of rotatable bonds is 6. The first-order valence-electron chi connectivity index (χ1n) is 8.62. The third-order valence-electron chi connectivity index (χ3n) is 4.47. The second kappa shape index (κ2) is 10.1. The molecule has 0 saturated carbocycles. The minimum atomic E-state index is -1.23. The third kappa shape index (κ3) is 4.60. The average molecular weight is 502 g/mol. The van der Waals surface area contributed by atoms with E-state index < -0.39 is 29.2 Å². The molecule has 2 atom stereocenters. The molecule has 2 aromatic rings. The molecule has 1 fully saturated rings. The number of anilines is 1. The molecule has 161 valence electrons. The monoisotopic (exact) mass is 501 g/mol. The van der Waals surface area contributed by atoms with E-state index in [-0.39, 0.29) is 51.8 Å². The normalized spacial score (nSPS) is 20.6. The van der Waals surface area contributed by atoms with Crippen LogP contribution in [-0.4, -0.2) is 95.4 Å². The molecule has 0 spiro atoms. The van der Waals surface area contributed by atoms with E-state index in [0.717, 1.165) is 21.1 Å². The number of oxime groups is 1. The maximum atomic E-state index is 12.7. The molecule has 0 aliphatic carbocycles. The van der Waals surface area contributed by atoms with Crippen LogP contribution in [-0.2, 0) is 14.4 Å². The van der Waals surface area contributed by atoms with Gasteiger partial charge in [-0.3, -0.25) is 19.5 Å². The van der Waals surface area contributed by atoms with Gasteiger partial charge in [0.15, 0.2) is 10.8 Å². The number of fused-ring (bicyclic) bond motifs is 1. The predicted octanol–water partition coefficient (Wildman–Crippen LogP) is 0.431. The van der Waals surface area contributed by atoms with E-state index in [4.69, 9.17) is 5.73 Å². The number of nitrogen functional groups attached to an aromatic ring is 1. The molecular formula is C17H14N6NaO5S3. The zero-order chi connectivity index (χ0) is 22.1. The fraction of sp³-hybridized carbons (Fsp3) is 0.176. The molecule has 2 amide bonds. The molecule has 1 radical (unpaired) electrons. The molecule has 0 aromatic carbocycles. The Balaban J connectivity index is 0.00000289. The van der Waals surface area contributed by atoms with Gasteiger partial charge in [-0.15, -0.1) is 34.4 Å². The summed E-state index contributed by atoms with van der Waals surface area (Å²) in [5.74, 6) is -2.28. The van der Waals surface area contributed by atoms with Crippen molar-refractivity contribution in [3.63, 3.8) is 0 Å². The van der Waals surface area contributed by atoms with Gasteiger partial charge in [0.1, 0.15) is 22.8 Å². The second-order valence-corrected chi connectivity index (χ2v) is 9.21.